The predicted molar refractivity (Wildman–Crippen MR) is 161 cm³/mol. The first-order valence-corrected chi connectivity index (χ1v) is 14.8. The third-order valence-electron chi connectivity index (χ3n) is 7.11. The second-order valence-electron chi connectivity index (χ2n) is 9.83. The number of fused-ring (bicyclic) bond motifs is 2. The lowest BCUT2D eigenvalue weighted by Crippen LogP contribution is -2.25. The van der Waals surface area contributed by atoms with Crippen molar-refractivity contribution in [3.8, 4) is 40.0 Å². The number of rotatable bonds is 6. The van der Waals surface area contributed by atoms with Crippen LogP contribution in [0.5, 0.6) is 0 Å². The van der Waals surface area contributed by atoms with Crippen LogP contribution >= 0.6 is 0 Å². The standard InChI is InChI=1S/C31H23FN6O4S/c1-34-31(39)29-21-13-20(23-14-25(37-28(16-33)36-23)24-12-18-6-4-5-7-22(18)35-24)26(38(2)43(3,40)41)15-27(21)42-30(29)17-8-10-19(32)11-9-17/h4-15,35H,1-3H3,(H,34,39). The van der Waals surface area contributed by atoms with Crippen molar-refractivity contribution in [1.29, 1.82) is 5.26 Å². The highest BCUT2D eigenvalue weighted by Gasteiger charge is 2.27. The highest BCUT2D eigenvalue weighted by atomic mass is 32.2. The normalized spacial score (nSPS) is 11.5. The van der Waals surface area contributed by atoms with Gasteiger partial charge >= 0.3 is 0 Å². The third kappa shape index (κ3) is 4.96. The summed E-state index contributed by atoms with van der Waals surface area (Å²) in [5, 5.41) is 13.7. The van der Waals surface area contributed by atoms with Crippen LogP contribution in [0.15, 0.2) is 77.2 Å². The summed E-state index contributed by atoms with van der Waals surface area (Å²) in [4.78, 5) is 25.3. The number of furan rings is 1. The van der Waals surface area contributed by atoms with Crippen molar-refractivity contribution in [3.63, 3.8) is 0 Å². The van der Waals surface area contributed by atoms with E-state index in [-0.39, 0.29) is 34.1 Å². The van der Waals surface area contributed by atoms with Crippen molar-refractivity contribution in [3.05, 3.63) is 90.0 Å². The largest absolute Gasteiger partial charge is 0.455 e. The monoisotopic (exact) mass is 594 g/mol. The lowest BCUT2D eigenvalue weighted by atomic mass is 10.0. The zero-order chi connectivity index (χ0) is 30.5. The highest BCUT2D eigenvalue weighted by Crippen LogP contribution is 2.41. The van der Waals surface area contributed by atoms with E-state index in [1.54, 1.807) is 12.1 Å². The first-order valence-electron chi connectivity index (χ1n) is 13.0. The fourth-order valence-electron chi connectivity index (χ4n) is 4.92. The van der Waals surface area contributed by atoms with E-state index in [0.29, 0.717) is 27.9 Å². The van der Waals surface area contributed by atoms with Gasteiger partial charge < -0.3 is 14.7 Å². The Labute approximate surface area is 245 Å². The molecule has 10 nitrogen and oxygen atoms in total. The van der Waals surface area contributed by atoms with Crippen LogP contribution in [0.4, 0.5) is 10.1 Å². The van der Waals surface area contributed by atoms with Gasteiger partial charge in [0.2, 0.25) is 15.8 Å². The van der Waals surface area contributed by atoms with Crippen molar-refractivity contribution in [2.45, 2.75) is 0 Å². The van der Waals surface area contributed by atoms with Gasteiger partial charge in [-0.15, -0.1) is 0 Å². The molecule has 214 valence electrons. The van der Waals surface area contributed by atoms with E-state index >= 15 is 0 Å². The number of para-hydroxylation sites is 1. The molecule has 3 aromatic heterocycles. The molecule has 0 unspecified atom stereocenters. The molecule has 0 aliphatic rings. The summed E-state index contributed by atoms with van der Waals surface area (Å²) in [6.45, 7) is 0. The van der Waals surface area contributed by atoms with E-state index in [1.807, 2.05) is 36.4 Å². The van der Waals surface area contributed by atoms with Crippen molar-refractivity contribution >= 4 is 43.5 Å². The number of aromatic amines is 1. The number of benzene rings is 3. The summed E-state index contributed by atoms with van der Waals surface area (Å²) >= 11 is 0. The van der Waals surface area contributed by atoms with Gasteiger partial charge in [-0.3, -0.25) is 9.10 Å². The maximum atomic E-state index is 13.7. The van der Waals surface area contributed by atoms with E-state index in [0.717, 1.165) is 21.5 Å². The van der Waals surface area contributed by atoms with Crippen LogP contribution in [-0.4, -0.2) is 49.6 Å². The van der Waals surface area contributed by atoms with Gasteiger partial charge in [-0.1, -0.05) is 18.2 Å². The number of hydrogen-bond acceptors (Lipinski definition) is 7. The topological polar surface area (TPSA) is 145 Å². The first-order chi connectivity index (χ1) is 20.6. The minimum Gasteiger partial charge on any atom is -0.455 e. The van der Waals surface area contributed by atoms with E-state index in [9.17, 15) is 22.9 Å². The first kappa shape index (κ1) is 27.6. The number of hydrogen-bond donors (Lipinski definition) is 2. The molecule has 0 atom stereocenters. The maximum Gasteiger partial charge on any atom is 0.255 e. The third-order valence-corrected chi connectivity index (χ3v) is 8.30. The number of nitrogens with one attached hydrogen (secondary N) is 2. The smallest absolute Gasteiger partial charge is 0.255 e. The fourth-order valence-corrected chi connectivity index (χ4v) is 5.42. The average molecular weight is 595 g/mol. The lowest BCUT2D eigenvalue weighted by Gasteiger charge is -2.20. The quantitative estimate of drug-likeness (QED) is 0.260. The highest BCUT2D eigenvalue weighted by molar-refractivity contribution is 7.92. The van der Waals surface area contributed by atoms with Crippen LogP contribution in [0.2, 0.25) is 0 Å². The van der Waals surface area contributed by atoms with Crippen LogP contribution in [0, 0.1) is 17.1 Å². The van der Waals surface area contributed by atoms with Crippen LogP contribution in [-0.2, 0) is 10.0 Å². The van der Waals surface area contributed by atoms with Crippen molar-refractivity contribution < 1.29 is 22.0 Å². The summed E-state index contributed by atoms with van der Waals surface area (Å²) < 4.78 is 46.4. The Morgan fingerprint density at radius 3 is 2.44 bits per heavy atom. The molecule has 6 rings (SSSR count). The number of anilines is 1. The zero-order valence-corrected chi connectivity index (χ0v) is 24.0. The number of amides is 1. The van der Waals surface area contributed by atoms with Crippen LogP contribution < -0.4 is 9.62 Å². The molecule has 0 spiro atoms. The summed E-state index contributed by atoms with van der Waals surface area (Å²) in [7, 11) is -0.921. The Kier molecular flexibility index (Phi) is 6.67. The number of nitriles is 1. The molecule has 12 heteroatoms. The van der Waals surface area contributed by atoms with Gasteiger partial charge in [-0.05, 0) is 48.5 Å². The molecular weight excluding hydrogens is 571 g/mol. The minimum absolute atomic E-state index is 0.134. The van der Waals surface area contributed by atoms with Gasteiger partial charge in [0.05, 0.1) is 34.6 Å². The Morgan fingerprint density at radius 2 is 1.77 bits per heavy atom. The molecule has 0 radical (unpaired) electrons. The number of carbonyl (C=O) groups is 1. The minimum atomic E-state index is -3.78. The van der Waals surface area contributed by atoms with Gasteiger partial charge in [-0.25, -0.2) is 22.8 Å². The van der Waals surface area contributed by atoms with Crippen molar-refractivity contribution in [2.24, 2.45) is 0 Å². The molecule has 3 aromatic carbocycles. The van der Waals surface area contributed by atoms with E-state index < -0.39 is 21.7 Å². The molecule has 0 bridgehead atoms. The number of aromatic nitrogens is 3. The summed E-state index contributed by atoms with van der Waals surface area (Å²) in [5.41, 5.74) is 3.52. The predicted octanol–water partition coefficient (Wildman–Crippen LogP) is 5.47. The Morgan fingerprint density at radius 1 is 1.05 bits per heavy atom. The van der Waals surface area contributed by atoms with Crippen LogP contribution in [0.25, 0.3) is 55.8 Å². The molecular formula is C31H23FN6O4S. The number of nitrogens with zero attached hydrogens (tertiary/aromatic N) is 4. The van der Waals surface area contributed by atoms with Crippen LogP contribution in [0.1, 0.15) is 16.2 Å². The van der Waals surface area contributed by atoms with Gasteiger partial charge in [0.1, 0.15) is 23.2 Å². The molecule has 43 heavy (non-hydrogen) atoms. The second kappa shape index (κ2) is 10.4. The molecule has 0 saturated heterocycles. The van der Waals surface area contributed by atoms with Crippen LogP contribution in [0.3, 0.4) is 0 Å². The fraction of sp³-hybridized carbons (Fsp3) is 0.0968. The number of H-pyrrole nitrogens is 1. The van der Waals surface area contributed by atoms with Gasteiger partial charge in [-0.2, -0.15) is 5.26 Å². The molecule has 0 saturated carbocycles. The maximum absolute atomic E-state index is 13.7. The Balaban J connectivity index is 1.65. The zero-order valence-electron chi connectivity index (χ0n) is 23.1. The number of sulfonamides is 1. The SMILES string of the molecule is CNC(=O)c1c(-c2ccc(F)cc2)oc2cc(N(C)S(C)(=O)=O)c(-c3cc(-c4cc5ccccc5[nH]4)nc(C#N)n3)cc12. The average Bonchev–Trinajstić information content (AvgIpc) is 3.61. The summed E-state index contributed by atoms with van der Waals surface area (Å²) in [6, 6.07) is 21.8. The second-order valence-corrected chi connectivity index (χ2v) is 11.8. The molecule has 0 fully saturated rings. The Hall–Kier alpha value is -5.54. The van der Waals surface area contributed by atoms with E-state index in [4.69, 9.17) is 4.42 Å². The van der Waals surface area contributed by atoms with Gasteiger partial charge in [0, 0.05) is 47.6 Å². The van der Waals surface area contributed by atoms with Crippen molar-refractivity contribution in [2.75, 3.05) is 24.7 Å². The van der Waals surface area contributed by atoms with E-state index in [1.165, 1.54) is 44.4 Å². The number of halogens is 1. The molecule has 1 amide bonds. The molecule has 0 aliphatic heterocycles. The molecule has 3 heterocycles. The lowest BCUT2D eigenvalue weighted by molar-refractivity contribution is 0.0964. The molecule has 2 N–H and O–H groups in total. The Bertz CT molecular complexity index is 2180. The summed E-state index contributed by atoms with van der Waals surface area (Å²) in [6.07, 6.45) is 1.06. The summed E-state index contributed by atoms with van der Waals surface area (Å²) in [5.74, 6) is -0.875. The molecule has 6 aromatic rings. The van der Waals surface area contributed by atoms with E-state index in [2.05, 4.69) is 20.3 Å². The van der Waals surface area contributed by atoms with Gasteiger partial charge in [0.15, 0.2) is 0 Å². The molecule has 0 aliphatic carbocycles. The van der Waals surface area contributed by atoms with Crippen molar-refractivity contribution in [1.82, 2.24) is 20.3 Å². The number of carbonyl (C=O) groups excluding carboxylic acids is 1. The van der Waals surface area contributed by atoms with Gasteiger partial charge in [0.25, 0.3) is 5.91 Å².